The SMILES string of the molecule is C#C[Si](C#Cc1c2ccccc2c(C#C[Si](C#Cc2c3ccccc3c(C#C[Si](C#Cc3c4ccccc4c(C#C[Si](C#C)(c4ccccc4)c4ccc(OCC(CC)CCCC)cc4)c4ccccc34)(c3ccccc3)c3ccc(OCC(CC)CCCC)cc3)c3ccccc23)(c2ccccc2)c2ccc(OCC(CC)CCCC)cc2)c2ccccc12)(c1ccccc1)c1ccc(OCC(CC)CCCC)cc1. The third-order valence-corrected chi connectivity index (χ3v) is 43.0. The predicted molar refractivity (Wildman–Crippen MR) is 630 cm³/mol. The fraction of sp³-hybridized carbons (Fsp3) is 0.232. The molecule has 8 unspecified atom stereocenters. The first kappa shape index (κ1) is 102. The predicted octanol–water partition coefficient (Wildman–Crippen LogP) is 27.1. The van der Waals surface area contributed by atoms with E-state index in [1.54, 1.807) is 0 Å². The lowest BCUT2D eigenvalue weighted by molar-refractivity contribution is 0.233. The van der Waals surface area contributed by atoms with Crippen molar-refractivity contribution < 1.29 is 18.9 Å². The van der Waals surface area contributed by atoms with Gasteiger partial charge in [-0.15, -0.1) is 23.9 Å². The van der Waals surface area contributed by atoms with Gasteiger partial charge in [0.05, 0.1) is 26.4 Å². The molecule has 0 N–H and O–H groups in total. The molecular weight excluding hydrogens is 1830 g/mol. The number of terminal acetylenes is 2. The monoisotopic (exact) mass is 1960 g/mol. The van der Waals surface area contributed by atoms with Gasteiger partial charge < -0.3 is 18.9 Å². The molecule has 0 saturated carbocycles. The Kier molecular flexibility index (Phi) is 34.6. The van der Waals surface area contributed by atoms with E-state index in [9.17, 15) is 0 Å². The largest absolute Gasteiger partial charge is 0.493 e. The Labute approximate surface area is 872 Å². The van der Waals surface area contributed by atoms with Crippen LogP contribution in [-0.2, 0) is 0 Å². The summed E-state index contributed by atoms with van der Waals surface area (Å²) in [5.41, 5.74) is 37.1. The van der Waals surface area contributed by atoms with Crippen LogP contribution in [0.3, 0.4) is 0 Å². The van der Waals surface area contributed by atoms with Gasteiger partial charge in [-0.25, -0.2) is 0 Å². The average molecular weight is 1960 g/mol. The lowest BCUT2D eigenvalue weighted by Gasteiger charge is -2.23. The molecule has 0 radical (unpaired) electrons. The van der Waals surface area contributed by atoms with Crippen LogP contribution in [0, 0.1) is 116 Å². The summed E-state index contributed by atoms with van der Waals surface area (Å²) in [4.78, 5) is 0. The molecule has 0 aliphatic rings. The number of fused-ring (bicyclic) bond motifs is 6. The molecule has 0 spiro atoms. The minimum atomic E-state index is -3.68. The van der Waals surface area contributed by atoms with E-state index >= 15 is 0 Å². The fourth-order valence-corrected chi connectivity index (χ4v) is 31.9. The van der Waals surface area contributed by atoms with E-state index in [0.29, 0.717) is 50.1 Å². The Hall–Kier alpha value is -15.2. The molecule has 17 rings (SSSR count). The number of hydrogen-bond acceptors (Lipinski definition) is 4. The maximum atomic E-state index is 6.96. The van der Waals surface area contributed by atoms with Crippen LogP contribution in [0.25, 0.3) is 64.6 Å². The summed E-state index contributed by atoms with van der Waals surface area (Å²) in [6, 6.07) is 129. The summed E-state index contributed by atoms with van der Waals surface area (Å²) in [6.07, 6.45) is 32.1. The molecule has 0 aromatic heterocycles. The summed E-state index contributed by atoms with van der Waals surface area (Å²) in [5, 5.41) is 20.1. The minimum absolute atomic E-state index is 0.444. The van der Waals surface area contributed by atoms with Crippen LogP contribution in [0.15, 0.2) is 364 Å². The molecule has 8 atom stereocenters. The standard InChI is InChI=1S/C138H130O4Si4/c1-11-21-49-105(15-5)101-139-109-73-81-117(82-74-109)143(19-9,113-53-29-25-30-54-113)95-89-133-121-61-37-41-65-125(121)135(126-66-42-38-62-122(126)133)91-97-145(115-57-33-27-34-58-115,119-85-77-111(78-86-119)141-103-107(17-7)51-23-13-3)99-93-137-129-69-45-47-71-131(129)138(132-72-48-46-70-130(132)137)94-100-146(116-59-35-28-36-60-116,120-87-79-112(80-88-120)142-104-108(18-8)52-24-14-4)98-92-136-127-67-43-39-63-123(127)134(124-64-40-44-68-128(124)136)90-96-144(20-10,114-55-31-26-32-56-114)118-83-75-110(76-84-118)140-102-106(16-6)50-22-12-2/h9-10,25-48,53-88,105-108H,11-18,21-24,49-52,101-104H2,1-8H3. The minimum Gasteiger partial charge on any atom is -0.493 e. The number of unbranched alkanes of at least 4 members (excludes halogenated alkanes) is 4. The average Bonchev–Trinajstić information content (AvgIpc) is 0.727. The number of rotatable bonds is 36. The van der Waals surface area contributed by atoms with Gasteiger partial charge in [0.2, 0.25) is 0 Å². The van der Waals surface area contributed by atoms with Crippen molar-refractivity contribution in [2.24, 2.45) is 23.7 Å². The Bertz CT molecular complexity index is 7290. The second-order valence-corrected chi connectivity index (χ2v) is 51.5. The van der Waals surface area contributed by atoms with Crippen LogP contribution in [0.5, 0.6) is 23.0 Å². The number of hydrogen-bond donors (Lipinski definition) is 0. The Morgan fingerprint density at radius 2 is 0.342 bits per heavy atom. The van der Waals surface area contributed by atoms with Crippen LogP contribution in [0.2, 0.25) is 0 Å². The van der Waals surface area contributed by atoms with Gasteiger partial charge in [-0.05, 0) is 204 Å². The van der Waals surface area contributed by atoms with Crippen molar-refractivity contribution in [1.82, 2.24) is 0 Å². The Balaban J connectivity index is 0.843. The molecule has 17 aromatic carbocycles. The van der Waals surface area contributed by atoms with E-state index in [-0.39, 0.29) is 0 Å². The molecule has 0 aliphatic heterocycles. The second-order valence-electron chi connectivity index (χ2n) is 38.8. The van der Waals surface area contributed by atoms with E-state index in [1.807, 2.05) is 12.1 Å². The molecule has 722 valence electrons. The van der Waals surface area contributed by atoms with Gasteiger partial charge >= 0.3 is 0 Å². The molecule has 0 saturated heterocycles. The van der Waals surface area contributed by atoms with Crippen molar-refractivity contribution >= 4 is 138 Å². The molecule has 4 nitrogen and oxygen atoms in total. The van der Waals surface area contributed by atoms with E-state index in [0.717, 1.165) is 227 Å². The molecule has 17 aromatic rings. The highest BCUT2D eigenvalue weighted by Crippen LogP contribution is 2.38. The highest BCUT2D eigenvalue weighted by atomic mass is 28.3. The Morgan fingerprint density at radius 1 is 0.192 bits per heavy atom. The van der Waals surface area contributed by atoms with E-state index in [1.165, 1.54) is 38.5 Å². The molecule has 8 heteroatoms. The van der Waals surface area contributed by atoms with E-state index in [2.05, 4.69) is 487 Å². The van der Waals surface area contributed by atoms with Gasteiger partial charge in [0.15, 0.2) is 0 Å². The summed E-state index contributed by atoms with van der Waals surface area (Å²) in [6.45, 7) is 20.7. The lowest BCUT2D eigenvalue weighted by Crippen LogP contribution is -2.57. The van der Waals surface area contributed by atoms with Gasteiger partial charge in [0, 0.05) is 33.4 Å². The van der Waals surface area contributed by atoms with E-state index < -0.39 is 32.3 Å². The number of ether oxygens (including phenoxy) is 4. The molecule has 0 fully saturated rings. The number of benzene rings is 17. The summed E-state index contributed by atoms with van der Waals surface area (Å²) < 4.78 is 26.6. The zero-order valence-corrected chi connectivity index (χ0v) is 89.9. The smallest absolute Gasteiger partial charge is 0.276 e. The first-order chi connectivity index (χ1) is 71.9. The van der Waals surface area contributed by atoms with Crippen molar-refractivity contribution in [2.45, 2.75) is 158 Å². The van der Waals surface area contributed by atoms with Gasteiger partial charge in [-0.1, -0.05) is 517 Å². The molecule has 0 bridgehead atoms. The van der Waals surface area contributed by atoms with Gasteiger partial charge in [-0.2, -0.15) is 0 Å². The van der Waals surface area contributed by atoms with Crippen LogP contribution in [0.4, 0.5) is 0 Å². The first-order valence-corrected chi connectivity index (χ1v) is 61.0. The molecular formula is C138H130O4Si4. The maximum absolute atomic E-state index is 6.96. The van der Waals surface area contributed by atoms with Crippen LogP contribution in [0.1, 0.15) is 192 Å². The molecule has 0 aliphatic carbocycles. The quantitative estimate of drug-likeness (QED) is 0.0223. The van der Waals surface area contributed by atoms with Gasteiger partial charge in [0.25, 0.3) is 32.3 Å². The van der Waals surface area contributed by atoms with Gasteiger partial charge in [-0.3, -0.25) is 0 Å². The van der Waals surface area contributed by atoms with Crippen LogP contribution in [-0.4, -0.2) is 58.7 Å². The zero-order chi connectivity index (χ0) is 101. The van der Waals surface area contributed by atoms with Crippen LogP contribution >= 0.6 is 0 Å². The first-order valence-electron chi connectivity index (χ1n) is 53.0. The third-order valence-electron chi connectivity index (χ3n) is 29.6. The second kappa shape index (κ2) is 49.4. The van der Waals surface area contributed by atoms with Crippen molar-refractivity contribution in [3.63, 3.8) is 0 Å². The van der Waals surface area contributed by atoms with Gasteiger partial charge in [0.1, 0.15) is 23.0 Å². The lowest BCUT2D eigenvalue weighted by atomic mass is 9.92. The summed E-state index contributed by atoms with van der Waals surface area (Å²) in [5.74, 6) is 29.3. The van der Waals surface area contributed by atoms with Crippen molar-refractivity contribution in [3.05, 3.63) is 397 Å². The third kappa shape index (κ3) is 22.7. The van der Waals surface area contributed by atoms with Crippen molar-refractivity contribution in [2.75, 3.05) is 26.4 Å². The normalized spacial score (nSPS) is 13.5. The van der Waals surface area contributed by atoms with Crippen molar-refractivity contribution in [3.8, 4) is 116 Å². The van der Waals surface area contributed by atoms with E-state index in [4.69, 9.17) is 31.8 Å². The fourth-order valence-electron chi connectivity index (χ4n) is 20.5. The summed E-state index contributed by atoms with van der Waals surface area (Å²) in [7, 11) is -13.9. The topological polar surface area (TPSA) is 36.9 Å². The summed E-state index contributed by atoms with van der Waals surface area (Å²) >= 11 is 0. The highest BCUT2D eigenvalue weighted by molar-refractivity contribution is 7.15. The maximum Gasteiger partial charge on any atom is 0.276 e. The molecule has 146 heavy (non-hydrogen) atoms. The molecule has 0 heterocycles. The van der Waals surface area contributed by atoms with Crippen LogP contribution < -0.4 is 60.4 Å². The van der Waals surface area contributed by atoms with Crippen molar-refractivity contribution in [1.29, 1.82) is 0 Å². The Morgan fingerprint density at radius 3 is 0.507 bits per heavy atom. The zero-order valence-electron chi connectivity index (χ0n) is 85.9. The highest BCUT2D eigenvalue weighted by Gasteiger charge is 2.40. The molecule has 0 amide bonds.